The number of carbonyl (C=O) groups excluding carboxylic acids is 2. The van der Waals surface area contributed by atoms with Crippen LogP contribution in [0.3, 0.4) is 0 Å². The molecule has 1 aliphatic rings. The summed E-state index contributed by atoms with van der Waals surface area (Å²) in [5.41, 5.74) is 4.42. The van der Waals surface area contributed by atoms with Crippen molar-refractivity contribution in [1.29, 1.82) is 0 Å². The topological polar surface area (TPSA) is 63.4 Å². The maximum atomic E-state index is 12.3. The van der Waals surface area contributed by atoms with Gasteiger partial charge in [0.25, 0.3) is 0 Å². The minimum Gasteiger partial charge on any atom is -0.369 e. The van der Waals surface area contributed by atoms with E-state index in [4.69, 9.17) is 5.73 Å². The molecule has 3 rings (SSSR count). The third kappa shape index (κ3) is 2.08. The Bertz CT molecular complexity index is 655. The highest BCUT2D eigenvalue weighted by Crippen LogP contribution is 2.47. The smallest absolute Gasteiger partial charge is 0.238 e. The standard InChI is InChI=1S/C15H16N2O2S/c1-17(14(19)15(6-7-15)13(16)18)9-11-8-10-4-2-3-5-12(10)20-11/h2-5,8H,6-7,9H2,1H3,(H2,16,18). The van der Waals surface area contributed by atoms with Crippen LogP contribution in [-0.2, 0) is 16.1 Å². The van der Waals surface area contributed by atoms with Gasteiger partial charge in [-0.25, -0.2) is 0 Å². The van der Waals surface area contributed by atoms with Gasteiger partial charge in [-0.05, 0) is 30.4 Å². The predicted octanol–water partition coefficient (Wildman–Crippen LogP) is 2.13. The number of benzene rings is 1. The molecule has 2 amide bonds. The lowest BCUT2D eigenvalue weighted by Gasteiger charge is -2.20. The van der Waals surface area contributed by atoms with Gasteiger partial charge >= 0.3 is 0 Å². The lowest BCUT2D eigenvalue weighted by atomic mass is 10.1. The molecule has 1 aliphatic carbocycles. The highest BCUT2D eigenvalue weighted by Gasteiger charge is 2.56. The Labute approximate surface area is 121 Å². The molecule has 0 unspecified atom stereocenters. The summed E-state index contributed by atoms with van der Waals surface area (Å²) in [4.78, 5) is 26.4. The number of hydrogen-bond acceptors (Lipinski definition) is 3. The fraction of sp³-hybridized carbons (Fsp3) is 0.333. The monoisotopic (exact) mass is 288 g/mol. The van der Waals surface area contributed by atoms with E-state index in [1.54, 1.807) is 23.3 Å². The highest BCUT2D eigenvalue weighted by molar-refractivity contribution is 7.19. The molecule has 0 saturated heterocycles. The third-order valence-corrected chi connectivity index (χ3v) is 4.95. The van der Waals surface area contributed by atoms with Gasteiger partial charge in [0, 0.05) is 16.6 Å². The molecular weight excluding hydrogens is 272 g/mol. The molecule has 0 atom stereocenters. The molecule has 104 valence electrons. The molecule has 5 heteroatoms. The molecule has 2 N–H and O–H groups in total. The first-order valence-electron chi connectivity index (χ1n) is 6.56. The van der Waals surface area contributed by atoms with E-state index in [0.29, 0.717) is 19.4 Å². The first kappa shape index (κ1) is 13.1. The van der Waals surface area contributed by atoms with Crippen molar-refractivity contribution in [2.24, 2.45) is 11.1 Å². The van der Waals surface area contributed by atoms with Crippen LogP contribution in [0.2, 0.25) is 0 Å². The van der Waals surface area contributed by atoms with Crippen LogP contribution in [0.15, 0.2) is 30.3 Å². The first-order chi connectivity index (χ1) is 9.53. The number of carbonyl (C=O) groups is 2. The molecule has 0 radical (unpaired) electrons. The van der Waals surface area contributed by atoms with Crippen LogP contribution in [0.4, 0.5) is 0 Å². The second-order valence-corrected chi connectivity index (χ2v) is 6.53. The number of amides is 2. The summed E-state index contributed by atoms with van der Waals surface area (Å²) in [5.74, 6) is -0.645. The fourth-order valence-electron chi connectivity index (χ4n) is 2.48. The van der Waals surface area contributed by atoms with Gasteiger partial charge in [-0.2, -0.15) is 0 Å². The minimum absolute atomic E-state index is 0.151. The number of primary amides is 1. The van der Waals surface area contributed by atoms with Crippen molar-refractivity contribution < 1.29 is 9.59 Å². The Morgan fingerprint density at radius 2 is 2.05 bits per heavy atom. The van der Waals surface area contributed by atoms with E-state index in [1.807, 2.05) is 12.1 Å². The summed E-state index contributed by atoms with van der Waals surface area (Å²) in [6, 6.07) is 10.2. The normalized spacial score (nSPS) is 16.1. The second kappa shape index (κ2) is 4.59. The quantitative estimate of drug-likeness (QED) is 0.876. The Balaban J connectivity index is 1.77. The van der Waals surface area contributed by atoms with Gasteiger partial charge < -0.3 is 10.6 Å². The summed E-state index contributed by atoms with van der Waals surface area (Å²) < 4.78 is 1.21. The van der Waals surface area contributed by atoms with Crippen molar-refractivity contribution in [1.82, 2.24) is 4.90 Å². The van der Waals surface area contributed by atoms with E-state index in [0.717, 1.165) is 4.88 Å². The minimum atomic E-state index is -0.925. The van der Waals surface area contributed by atoms with Gasteiger partial charge in [-0.15, -0.1) is 11.3 Å². The predicted molar refractivity (Wildman–Crippen MR) is 79.2 cm³/mol. The number of fused-ring (bicyclic) bond motifs is 1. The van der Waals surface area contributed by atoms with Crippen molar-refractivity contribution >= 4 is 33.2 Å². The van der Waals surface area contributed by atoms with Crippen LogP contribution >= 0.6 is 11.3 Å². The van der Waals surface area contributed by atoms with E-state index in [1.165, 1.54) is 10.1 Å². The highest BCUT2D eigenvalue weighted by atomic mass is 32.1. The van der Waals surface area contributed by atoms with Crippen LogP contribution in [-0.4, -0.2) is 23.8 Å². The van der Waals surface area contributed by atoms with Gasteiger partial charge in [-0.1, -0.05) is 18.2 Å². The maximum absolute atomic E-state index is 12.3. The average molecular weight is 288 g/mol. The number of nitrogens with two attached hydrogens (primary N) is 1. The van der Waals surface area contributed by atoms with E-state index in [2.05, 4.69) is 18.2 Å². The largest absolute Gasteiger partial charge is 0.369 e. The van der Waals surface area contributed by atoms with Gasteiger partial charge in [0.05, 0.1) is 6.54 Å². The zero-order valence-electron chi connectivity index (χ0n) is 11.3. The molecule has 2 aromatic rings. The number of thiophene rings is 1. The molecule has 0 bridgehead atoms. The van der Waals surface area contributed by atoms with E-state index >= 15 is 0 Å². The van der Waals surface area contributed by atoms with E-state index < -0.39 is 11.3 Å². The Morgan fingerprint density at radius 3 is 2.65 bits per heavy atom. The lowest BCUT2D eigenvalue weighted by molar-refractivity contribution is -0.142. The molecule has 1 heterocycles. The summed E-state index contributed by atoms with van der Waals surface area (Å²) in [7, 11) is 1.73. The van der Waals surface area contributed by atoms with Crippen molar-refractivity contribution in [2.75, 3.05) is 7.05 Å². The van der Waals surface area contributed by atoms with Crippen LogP contribution in [0.5, 0.6) is 0 Å². The average Bonchev–Trinajstić information content (AvgIpc) is 3.13. The Hall–Kier alpha value is -1.88. The van der Waals surface area contributed by atoms with Crippen molar-refractivity contribution in [2.45, 2.75) is 19.4 Å². The van der Waals surface area contributed by atoms with Crippen molar-refractivity contribution in [3.63, 3.8) is 0 Å². The van der Waals surface area contributed by atoms with Gasteiger partial charge in [0.15, 0.2) is 0 Å². The lowest BCUT2D eigenvalue weighted by Crippen LogP contribution is -2.41. The second-order valence-electron chi connectivity index (χ2n) is 5.36. The zero-order chi connectivity index (χ0) is 14.3. The molecule has 4 nitrogen and oxygen atoms in total. The van der Waals surface area contributed by atoms with E-state index in [-0.39, 0.29) is 5.91 Å². The third-order valence-electron chi connectivity index (χ3n) is 3.85. The number of nitrogens with zero attached hydrogens (tertiary/aromatic N) is 1. The van der Waals surface area contributed by atoms with Crippen molar-refractivity contribution in [3.05, 3.63) is 35.2 Å². The van der Waals surface area contributed by atoms with Gasteiger partial charge in [0.1, 0.15) is 5.41 Å². The van der Waals surface area contributed by atoms with E-state index in [9.17, 15) is 9.59 Å². The molecule has 1 aromatic carbocycles. The molecule has 1 saturated carbocycles. The molecule has 1 fully saturated rings. The number of hydrogen-bond donors (Lipinski definition) is 1. The molecular formula is C15H16N2O2S. The maximum Gasteiger partial charge on any atom is 0.238 e. The van der Waals surface area contributed by atoms with Gasteiger partial charge in [-0.3, -0.25) is 9.59 Å². The Kier molecular flexibility index (Phi) is 3.01. The van der Waals surface area contributed by atoms with Crippen LogP contribution < -0.4 is 5.73 Å². The molecule has 20 heavy (non-hydrogen) atoms. The van der Waals surface area contributed by atoms with Crippen LogP contribution in [0.25, 0.3) is 10.1 Å². The molecule has 0 spiro atoms. The zero-order valence-corrected chi connectivity index (χ0v) is 12.1. The van der Waals surface area contributed by atoms with Crippen LogP contribution in [0, 0.1) is 5.41 Å². The SMILES string of the molecule is CN(Cc1cc2ccccc2s1)C(=O)C1(C(N)=O)CC1. The summed E-state index contributed by atoms with van der Waals surface area (Å²) in [6.07, 6.45) is 1.16. The summed E-state index contributed by atoms with van der Waals surface area (Å²) >= 11 is 1.67. The van der Waals surface area contributed by atoms with Crippen LogP contribution in [0.1, 0.15) is 17.7 Å². The number of rotatable bonds is 4. The van der Waals surface area contributed by atoms with Crippen molar-refractivity contribution in [3.8, 4) is 0 Å². The summed E-state index contributed by atoms with van der Waals surface area (Å²) in [5, 5.41) is 1.18. The molecule has 0 aliphatic heterocycles. The Morgan fingerprint density at radius 1 is 1.35 bits per heavy atom. The molecule has 1 aromatic heterocycles. The fourth-order valence-corrected chi connectivity index (χ4v) is 3.59. The summed E-state index contributed by atoms with van der Waals surface area (Å²) in [6.45, 7) is 0.521. The van der Waals surface area contributed by atoms with Gasteiger partial charge in [0.2, 0.25) is 11.8 Å². The first-order valence-corrected chi connectivity index (χ1v) is 7.37.